The number of amides is 1. The fraction of sp³-hybridized carbons (Fsp3) is 0.625. The van der Waals surface area contributed by atoms with Crippen molar-refractivity contribution in [2.75, 3.05) is 17.5 Å². The molecule has 114 valence electrons. The lowest BCUT2D eigenvalue weighted by Gasteiger charge is -2.07. The summed E-state index contributed by atoms with van der Waals surface area (Å²) in [6.45, 7) is -0.957. The van der Waals surface area contributed by atoms with Crippen molar-refractivity contribution in [1.82, 2.24) is 20.3 Å². The van der Waals surface area contributed by atoms with Gasteiger partial charge in [-0.1, -0.05) is 0 Å². The molecule has 20 heavy (non-hydrogen) atoms. The normalized spacial score (nSPS) is 12.2. The Morgan fingerprint density at radius 1 is 1.45 bits per heavy atom. The third-order valence-electron chi connectivity index (χ3n) is 1.84. The van der Waals surface area contributed by atoms with Gasteiger partial charge in [0.15, 0.2) is 5.82 Å². The molecule has 0 spiro atoms. The maximum atomic E-state index is 11.8. The van der Waals surface area contributed by atoms with E-state index < -0.39 is 41.6 Å². The molecule has 0 aliphatic heterocycles. The zero-order valence-electron chi connectivity index (χ0n) is 10.3. The highest BCUT2D eigenvalue weighted by Crippen LogP contribution is 2.18. The van der Waals surface area contributed by atoms with Crippen molar-refractivity contribution in [2.24, 2.45) is 0 Å². The van der Waals surface area contributed by atoms with Crippen molar-refractivity contribution in [3.05, 3.63) is 6.20 Å². The van der Waals surface area contributed by atoms with Gasteiger partial charge in [0.05, 0.1) is 18.9 Å². The van der Waals surface area contributed by atoms with Crippen LogP contribution in [0.2, 0.25) is 0 Å². The van der Waals surface area contributed by atoms with E-state index in [-0.39, 0.29) is 5.82 Å². The second-order valence-corrected chi connectivity index (χ2v) is 5.60. The number of nitrogens with zero attached hydrogens (tertiary/aromatic N) is 3. The van der Waals surface area contributed by atoms with Gasteiger partial charge in [-0.3, -0.25) is 9.52 Å². The van der Waals surface area contributed by atoms with Crippen LogP contribution >= 0.6 is 0 Å². The van der Waals surface area contributed by atoms with Crippen molar-refractivity contribution in [1.29, 1.82) is 0 Å². The number of aromatic nitrogens is 3. The van der Waals surface area contributed by atoms with E-state index >= 15 is 0 Å². The van der Waals surface area contributed by atoms with Crippen molar-refractivity contribution in [3.8, 4) is 0 Å². The molecule has 0 fully saturated rings. The molecule has 1 aromatic heterocycles. The monoisotopic (exact) mass is 315 g/mol. The number of anilines is 1. The first-order valence-electron chi connectivity index (χ1n) is 5.26. The summed E-state index contributed by atoms with van der Waals surface area (Å²) in [4.78, 5) is 12.1. The summed E-state index contributed by atoms with van der Waals surface area (Å²) in [5, 5.41) is 9.26. The SMILES string of the molecule is CS(=O)(=O)Nc1cnn(CC(=O)NCCC(F)(F)F)n1. The molecule has 1 rings (SSSR count). The summed E-state index contributed by atoms with van der Waals surface area (Å²) < 4.78 is 59.4. The Kier molecular flexibility index (Phi) is 4.92. The second kappa shape index (κ2) is 6.07. The lowest BCUT2D eigenvalue weighted by Crippen LogP contribution is -2.31. The first-order chi connectivity index (χ1) is 9.05. The molecular weight excluding hydrogens is 303 g/mol. The molecule has 1 amide bonds. The van der Waals surface area contributed by atoms with Crippen LogP contribution < -0.4 is 10.0 Å². The topological polar surface area (TPSA) is 106 Å². The largest absolute Gasteiger partial charge is 0.390 e. The van der Waals surface area contributed by atoms with Gasteiger partial charge in [-0.05, 0) is 0 Å². The number of rotatable bonds is 6. The molecule has 8 nitrogen and oxygen atoms in total. The number of carbonyl (C=O) groups is 1. The van der Waals surface area contributed by atoms with Crippen LogP contribution in [-0.2, 0) is 21.4 Å². The fourth-order valence-corrected chi connectivity index (χ4v) is 1.61. The fourth-order valence-electron chi connectivity index (χ4n) is 1.14. The average Bonchev–Trinajstić information content (AvgIpc) is 2.60. The van der Waals surface area contributed by atoms with Crippen molar-refractivity contribution in [2.45, 2.75) is 19.1 Å². The molecule has 0 radical (unpaired) electrons. The first kappa shape index (κ1) is 16.2. The van der Waals surface area contributed by atoms with E-state index in [1.54, 1.807) is 0 Å². The molecule has 1 heterocycles. The van der Waals surface area contributed by atoms with E-state index in [4.69, 9.17) is 0 Å². The Morgan fingerprint density at radius 3 is 2.65 bits per heavy atom. The smallest absolute Gasteiger partial charge is 0.354 e. The molecule has 0 saturated heterocycles. The van der Waals surface area contributed by atoms with E-state index in [1.807, 2.05) is 10.0 Å². The van der Waals surface area contributed by atoms with Crippen LogP contribution in [0.1, 0.15) is 6.42 Å². The Bertz CT molecular complexity index is 568. The quantitative estimate of drug-likeness (QED) is 0.751. The van der Waals surface area contributed by atoms with Gasteiger partial charge >= 0.3 is 6.18 Å². The number of nitrogens with one attached hydrogen (secondary N) is 2. The van der Waals surface area contributed by atoms with Crippen LogP contribution in [0.15, 0.2) is 6.20 Å². The molecule has 0 unspecified atom stereocenters. The van der Waals surface area contributed by atoms with Crippen LogP contribution in [0.4, 0.5) is 19.0 Å². The molecule has 12 heteroatoms. The van der Waals surface area contributed by atoms with Gasteiger partial charge in [-0.15, -0.1) is 5.10 Å². The number of carbonyl (C=O) groups excluding carboxylic acids is 1. The van der Waals surface area contributed by atoms with Gasteiger partial charge in [-0.25, -0.2) is 8.42 Å². The van der Waals surface area contributed by atoms with E-state index in [2.05, 4.69) is 10.2 Å². The van der Waals surface area contributed by atoms with E-state index in [1.165, 1.54) is 0 Å². The van der Waals surface area contributed by atoms with Crippen LogP contribution in [0, 0.1) is 0 Å². The Morgan fingerprint density at radius 2 is 2.10 bits per heavy atom. The van der Waals surface area contributed by atoms with Crippen LogP contribution in [0.5, 0.6) is 0 Å². The molecule has 0 aromatic carbocycles. The predicted octanol–water partition coefficient (Wildman–Crippen LogP) is -0.282. The molecule has 0 aliphatic rings. The molecule has 2 N–H and O–H groups in total. The van der Waals surface area contributed by atoms with Gasteiger partial charge in [-0.2, -0.15) is 23.1 Å². The number of hydrogen-bond donors (Lipinski definition) is 2. The summed E-state index contributed by atoms with van der Waals surface area (Å²) in [5.41, 5.74) is 0. The van der Waals surface area contributed by atoms with Crippen LogP contribution in [-0.4, -0.2) is 48.3 Å². The Balaban J connectivity index is 2.43. The van der Waals surface area contributed by atoms with E-state index in [9.17, 15) is 26.4 Å². The molecule has 0 bridgehead atoms. The van der Waals surface area contributed by atoms with Gasteiger partial charge in [0.25, 0.3) is 0 Å². The number of sulfonamides is 1. The van der Waals surface area contributed by atoms with Crippen LogP contribution in [0.3, 0.4) is 0 Å². The molecule has 1 aromatic rings. The molecule has 0 atom stereocenters. The van der Waals surface area contributed by atoms with Gasteiger partial charge < -0.3 is 5.32 Å². The van der Waals surface area contributed by atoms with Gasteiger partial charge in [0, 0.05) is 6.54 Å². The van der Waals surface area contributed by atoms with Crippen molar-refractivity contribution in [3.63, 3.8) is 0 Å². The van der Waals surface area contributed by atoms with Gasteiger partial charge in [0.1, 0.15) is 6.54 Å². The number of alkyl halides is 3. The lowest BCUT2D eigenvalue weighted by atomic mass is 10.4. The van der Waals surface area contributed by atoms with E-state index in [0.29, 0.717) is 0 Å². The van der Waals surface area contributed by atoms with Crippen LogP contribution in [0.25, 0.3) is 0 Å². The van der Waals surface area contributed by atoms with Gasteiger partial charge in [0.2, 0.25) is 15.9 Å². The third kappa shape index (κ3) is 6.92. The standard InChI is InChI=1S/C8H12F3N5O3S/c1-20(18,19)15-6-4-13-16(14-6)5-7(17)12-3-2-8(9,10)11/h4H,2-3,5H2,1H3,(H,12,17)(H,14,15). The highest BCUT2D eigenvalue weighted by atomic mass is 32.2. The zero-order valence-corrected chi connectivity index (χ0v) is 11.1. The average molecular weight is 315 g/mol. The highest BCUT2D eigenvalue weighted by molar-refractivity contribution is 7.92. The first-order valence-corrected chi connectivity index (χ1v) is 7.16. The lowest BCUT2D eigenvalue weighted by molar-refractivity contribution is -0.135. The second-order valence-electron chi connectivity index (χ2n) is 3.85. The highest BCUT2D eigenvalue weighted by Gasteiger charge is 2.26. The van der Waals surface area contributed by atoms with Crippen molar-refractivity contribution < 1.29 is 26.4 Å². The minimum Gasteiger partial charge on any atom is -0.354 e. The van der Waals surface area contributed by atoms with Crippen molar-refractivity contribution >= 4 is 21.7 Å². The number of halogens is 3. The summed E-state index contributed by atoms with van der Waals surface area (Å²) in [6.07, 6.45) is -3.49. The van der Waals surface area contributed by atoms with E-state index in [0.717, 1.165) is 17.2 Å². The maximum Gasteiger partial charge on any atom is 0.390 e. The third-order valence-corrected chi connectivity index (χ3v) is 2.42. The summed E-state index contributed by atoms with van der Waals surface area (Å²) in [7, 11) is -3.51. The molecule has 0 aliphatic carbocycles. The predicted molar refractivity (Wildman–Crippen MR) is 62.2 cm³/mol. The Hall–Kier alpha value is -1.85. The molecule has 0 saturated carbocycles. The number of hydrogen-bond acceptors (Lipinski definition) is 5. The summed E-state index contributed by atoms with van der Waals surface area (Å²) >= 11 is 0. The summed E-state index contributed by atoms with van der Waals surface area (Å²) in [5.74, 6) is -0.800. The molecular formula is C8H12F3N5O3S. The zero-order chi connectivity index (χ0) is 15.4. The maximum absolute atomic E-state index is 11.8. The summed E-state index contributed by atoms with van der Waals surface area (Å²) in [6, 6.07) is 0. The Labute approximate surface area is 112 Å². The minimum atomic E-state index is -4.34. The minimum absolute atomic E-state index is 0.0874.